The first kappa shape index (κ1) is 16.6. The minimum Gasteiger partial charge on any atom is -0.481 e. The summed E-state index contributed by atoms with van der Waals surface area (Å²) in [4.78, 5) is 38.8. The van der Waals surface area contributed by atoms with Crippen LogP contribution in [0.15, 0.2) is 0 Å². The van der Waals surface area contributed by atoms with E-state index in [1.54, 1.807) is 16.7 Å². The lowest BCUT2D eigenvalue weighted by atomic mass is 9.78. The minimum atomic E-state index is -0.872. The number of rotatable bonds is 3. The maximum absolute atomic E-state index is 12.6. The fourth-order valence-corrected chi connectivity index (χ4v) is 3.28. The van der Waals surface area contributed by atoms with E-state index in [1.165, 1.54) is 0 Å². The molecule has 7 nitrogen and oxygen atoms in total. The summed E-state index contributed by atoms with van der Waals surface area (Å²) >= 11 is 0. The molecule has 1 saturated carbocycles. The van der Waals surface area contributed by atoms with Crippen molar-refractivity contribution < 1.29 is 24.2 Å². The maximum atomic E-state index is 12.6. The number of ether oxygens (including phenoxy) is 1. The monoisotopic (exact) mass is 312 g/mol. The zero-order valence-electron chi connectivity index (χ0n) is 13.0. The average molecular weight is 312 g/mol. The third kappa shape index (κ3) is 3.69. The summed E-state index contributed by atoms with van der Waals surface area (Å²) in [6, 6.07) is 0. The molecule has 0 aromatic carbocycles. The molecule has 0 radical (unpaired) electrons. The SMILES string of the molecule is CCOC(=O)N1CCN(C(=O)C2CCCCC2C(=O)O)CC1. The van der Waals surface area contributed by atoms with Gasteiger partial charge in [-0.25, -0.2) is 4.79 Å². The Balaban J connectivity index is 1.91. The zero-order valence-corrected chi connectivity index (χ0v) is 13.0. The van der Waals surface area contributed by atoms with Gasteiger partial charge in [0.2, 0.25) is 5.91 Å². The molecular formula is C15H24N2O5. The van der Waals surface area contributed by atoms with Crippen molar-refractivity contribution in [3.05, 3.63) is 0 Å². The Morgan fingerprint density at radius 3 is 2.09 bits per heavy atom. The largest absolute Gasteiger partial charge is 0.481 e. The number of aliphatic carboxylic acids is 1. The Kier molecular flexibility index (Phi) is 5.63. The number of amides is 2. The van der Waals surface area contributed by atoms with Crippen LogP contribution < -0.4 is 0 Å². The third-order valence-corrected chi connectivity index (χ3v) is 4.52. The van der Waals surface area contributed by atoms with E-state index in [2.05, 4.69) is 0 Å². The van der Waals surface area contributed by atoms with Gasteiger partial charge in [0, 0.05) is 26.2 Å². The first-order chi connectivity index (χ1) is 10.5. The van der Waals surface area contributed by atoms with Crippen LogP contribution in [-0.2, 0) is 14.3 Å². The second-order valence-corrected chi connectivity index (χ2v) is 5.85. The molecule has 0 aromatic rings. The van der Waals surface area contributed by atoms with Gasteiger partial charge in [0.25, 0.3) is 0 Å². The zero-order chi connectivity index (χ0) is 16.1. The van der Waals surface area contributed by atoms with Crippen LogP contribution in [0.5, 0.6) is 0 Å². The van der Waals surface area contributed by atoms with Gasteiger partial charge < -0.3 is 19.6 Å². The molecule has 1 saturated heterocycles. The van der Waals surface area contributed by atoms with Crippen LogP contribution >= 0.6 is 0 Å². The Bertz CT molecular complexity index is 432. The number of hydrogen-bond acceptors (Lipinski definition) is 4. The normalized spacial score (nSPS) is 25.7. The molecule has 124 valence electrons. The van der Waals surface area contributed by atoms with E-state index in [9.17, 15) is 19.5 Å². The lowest BCUT2D eigenvalue weighted by Crippen LogP contribution is -2.53. The second-order valence-electron chi connectivity index (χ2n) is 5.85. The number of carboxylic acids is 1. The van der Waals surface area contributed by atoms with E-state index in [0.717, 1.165) is 12.8 Å². The van der Waals surface area contributed by atoms with Gasteiger partial charge in [0.05, 0.1) is 18.4 Å². The van der Waals surface area contributed by atoms with Gasteiger partial charge in [-0.3, -0.25) is 9.59 Å². The van der Waals surface area contributed by atoms with Gasteiger partial charge in [-0.05, 0) is 19.8 Å². The first-order valence-corrected chi connectivity index (χ1v) is 7.98. The highest BCUT2D eigenvalue weighted by Crippen LogP contribution is 2.32. The summed E-state index contributed by atoms with van der Waals surface area (Å²) in [5, 5.41) is 9.29. The summed E-state index contributed by atoms with van der Waals surface area (Å²) in [7, 11) is 0. The van der Waals surface area contributed by atoms with Crippen LogP contribution in [-0.4, -0.2) is 65.7 Å². The third-order valence-electron chi connectivity index (χ3n) is 4.52. The van der Waals surface area contributed by atoms with Crippen LogP contribution in [0.3, 0.4) is 0 Å². The van der Waals surface area contributed by atoms with Crippen LogP contribution in [0.2, 0.25) is 0 Å². The standard InChI is InChI=1S/C15H24N2O5/c1-2-22-15(21)17-9-7-16(8-10-17)13(18)11-5-3-4-6-12(11)14(19)20/h11-12H,2-10H2,1H3,(H,19,20). The molecule has 7 heteroatoms. The smallest absolute Gasteiger partial charge is 0.409 e. The van der Waals surface area contributed by atoms with Crippen molar-refractivity contribution in [1.82, 2.24) is 9.80 Å². The lowest BCUT2D eigenvalue weighted by Gasteiger charge is -2.38. The number of carboxylic acid groups (broad SMARTS) is 1. The van der Waals surface area contributed by atoms with Crippen LogP contribution in [0.25, 0.3) is 0 Å². The van der Waals surface area contributed by atoms with Crippen LogP contribution in [0.4, 0.5) is 4.79 Å². The highest BCUT2D eigenvalue weighted by molar-refractivity contribution is 5.85. The molecule has 2 rings (SSSR count). The second kappa shape index (κ2) is 7.47. The van der Waals surface area contributed by atoms with Gasteiger partial charge in [-0.2, -0.15) is 0 Å². The minimum absolute atomic E-state index is 0.0735. The molecule has 1 heterocycles. The van der Waals surface area contributed by atoms with E-state index in [4.69, 9.17) is 4.74 Å². The van der Waals surface area contributed by atoms with Crippen molar-refractivity contribution in [2.24, 2.45) is 11.8 Å². The molecule has 0 bridgehead atoms. The lowest BCUT2D eigenvalue weighted by molar-refractivity contribution is -0.153. The van der Waals surface area contributed by atoms with Crippen molar-refractivity contribution in [2.75, 3.05) is 32.8 Å². The predicted molar refractivity (Wildman–Crippen MR) is 78.3 cm³/mol. The van der Waals surface area contributed by atoms with Crippen molar-refractivity contribution in [1.29, 1.82) is 0 Å². The fourth-order valence-electron chi connectivity index (χ4n) is 3.28. The molecule has 22 heavy (non-hydrogen) atoms. The van der Waals surface area contributed by atoms with E-state index in [0.29, 0.717) is 45.6 Å². The van der Waals surface area contributed by atoms with E-state index in [1.807, 2.05) is 0 Å². The summed E-state index contributed by atoms with van der Waals surface area (Å²) in [6.45, 7) is 3.86. The molecule has 2 fully saturated rings. The van der Waals surface area contributed by atoms with Crippen molar-refractivity contribution in [3.63, 3.8) is 0 Å². The highest BCUT2D eigenvalue weighted by atomic mass is 16.6. The molecule has 2 unspecified atom stereocenters. The number of piperazine rings is 1. The number of hydrogen-bond donors (Lipinski definition) is 1. The molecule has 0 spiro atoms. The van der Waals surface area contributed by atoms with E-state index in [-0.39, 0.29) is 12.0 Å². The molecule has 2 aliphatic rings. The Morgan fingerprint density at radius 2 is 1.55 bits per heavy atom. The number of nitrogens with zero attached hydrogens (tertiary/aromatic N) is 2. The van der Waals surface area contributed by atoms with Gasteiger partial charge in [-0.15, -0.1) is 0 Å². The fraction of sp³-hybridized carbons (Fsp3) is 0.800. The highest BCUT2D eigenvalue weighted by Gasteiger charge is 2.38. The average Bonchev–Trinajstić information content (AvgIpc) is 2.54. The summed E-state index contributed by atoms with van der Waals surface area (Å²) in [5.74, 6) is -1.93. The van der Waals surface area contributed by atoms with Crippen LogP contribution in [0.1, 0.15) is 32.6 Å². The molecule has 1 aliphatic carbocycles. The molecule has 2 amide bonds. The summed E-state index contributed by atoms with van der Waals surface area (Å²) < 4.78 is 4.95. The van der Waals surface area contributed by atoms with Gasteiger partial charge in [0.1, 0.15) is 0 Å². The predicted octanol–water partition coefficient (Wildman–Crippen LogP) is 1.18. The van der Waals surface area contributed by atoms with Crippen LogP contribution in [0, 0.1) is 11.8 Å². The molecular weight excluding hydrogens is 288 g/mol. The van der Waals surface area contributed by atoms with Crippen molar-refractivity contribution in [2.45, 2.75) is 32.6 Å². The van der Waals surface area contributed by atoms with Crippen molar-refractivity contribution >= 4 is 18.0 Å². The Morgan fingerprint density at radius 1 is 1.00 bits per heavy atom. The first-order valence-electron chi connectivity index (χ1n) is 7.98. The molecule has 1 aliphatic heterocycles. The molecule has 2 atom stereocenters. The Hall–Kier alpha value is -1.79. The summed E-state index contributed by atoms with van der Waals surface area (Å²) in [5.41, 5.74) is 0. The number of carbonyl (C=O) groups excluding carboxylic acids is 2. The topological polar surface area (TPSA) is 87.2 Å². The molecule has 1 N–H and O–H groups in total. The van der Waals surface area contributed by atoms with Gasteiger partial charge in [-0.1, -0.05) is 12.8 Å². The van der Waals surface area contributed by atoms with Gasteiger partial charge in [0.15, 0.2) is 0 Å². The maximum Gasteiger partial charge on any atom is 0.409 e. The quantitative estimate of drug-likeness (QED) is 0.845. The summed E-state index contributed by atoms with van der Waals surface area (Å²) in [6.07, 6.45) is 2.65. The molecule has 0 aromatic heterocycles. The Labute approximate surface area is 130 Å². The van der Waals surface area contributed by atoms with Gasteiger partial charge >= 0.3 is 12.1 Å². The van der Waals surface area contributed by atoms with E-state index >= 15 is 0 Å². The van der Waals surface area contributed by atoms with Crippen molar-refractivity contribution in [3.8, 4) is 0 Å². The number of carbonyl (C=O) groups is 3. The van der Waals surface area contributed by atoms with E-state index < -0.39 is 17.8 Å².